The van der Waals surface area contributed by atoms with Crippen LogP contribution in [0.2, 0.25) is 0 Å². The van der Waals surface area contributed by atoms with Gasteiger partial charge in [0.15, 0.2) is 0 Å². The fraction of sp³-hybridized carbons (Fsp3) is 0.923. The first-order valence-electron chi connectivity index (χ1n) is 6.58. The second-order valence-electron chi connectivity index (χ2n) is 5.32. The van der Waals surface area contributed by atoms with Crippen molar-refractivity contribution >= 4 is 17.2 Å². The van der Waals surface area contributed by atoms with Crippen molar-refractivity contribution in [1.82, 2.24) is 4.90 Å². The van der Waals surface area contributed by atoms with Gasteiger partial charge in [-0.15, -0.1) is 0 Å². The van der Waals surface area contributed by atoms with Crippen LogP contribution in [0.15, 0.2) is 0 Å². The zero-order valence-electron chi connectivity index (χ0n) is 10.7. The molecule has 0 aliphatic heterocycles. The Balaban J connectivity index is 2.10. The predicted octanol–water partition coefficient (Wildman–Crippen LogP) is 2.95. The van der Waals surface area contributed by atoms with Crippen molar-refractivity contribution in [3.05, 3.63) is 0 Å². The molecule has 2 N–H and O–H groups in total. The molecule has 1 saturated carbocycles. The van der Waals surface area contributed by atoms with Gasteiger partial charge in [-0.05, 0) is 64.5 Å². The van der Waals surface area contributed by atoms with Crippen LogP contribution in [0, 0.1) is 5.92 Å². The monoisotopic (exact) mass is 242 g/mol. The molecule has 0 aromatic heterocycles. The Labute approximate surface area is 106 Å². The maximum absolute atomic E-state index is 5.49. The predicted molar refractivity (Wildman–Crippen MR) is 74.7 cm³/mol. The lowest BCUT2D eigenvalue weighted by Gasteiger charge is -2.33. The van der Waals surface area contributed by atoms with Crippen LogP contribution >= 0.6 is 12.2 Å². The van der Waals surface area contributed by atoms with E-state index in [2.05, 4.69) is 18.9 Å². The minimum absolute atomic E-state index is 0.661. The van der Waals surface area contributed by atoms with Gasteiger partial charge in [-0.25, -0.2) is 0 Å². The van der Waals surface area contributed by atoms with Gasteiger partial charge in [-0.3, -0.25) is 0 Å². The Hall–Kier alpha value is -0.150. The summed E-state index contributed by atoms with van der Waals surface area (Å²) in [6, 6.07) is 0.820. The van der Waals surface area contributed by atoms with E-state index in [1.165, 1.54) is 38.6 Å². The third-order valence-electron chi connectivity index (χ3n) is 3.79. The summed E-state index contributed by atoms with van der Waals surface area (Å²) in [6.45, 7) is 3.57. The molecule has 2 nitrogen and oxygen atoms in total. The molecule has 0 saturated heterocycles. The Kier molecular flexibility index (Phi) is 6.29. The van der Waals surface area contributed by atoms with E-state index in [1.807, 2.05) is 0 Å². The lowest BCUT2D eigenvalue weighted by Crippen LogP contribution is -2.35. The molecule has 0 aromatic carbocycles. The number of unbranched alkanes of at least 4 members (excludes halogenated alkanes) is 1. The highest BCUT2D eigenvalue weighted by Gasteiger charge is 2.20. The number of nitrogens with zero attached hydrogens (tertiary/aromatic N) is 1. The van der Waals surface area contributed by atoms with Gasteiger partial charge in [0.1, 0.15) is 0 Å². The highest BCUT2D eigenvalue weighted by molar-refractivity contribution is 7.80. The zero-order valence-corrected chi connectivity index (χ0v) is 11.6. The molecular weight excluding hydrogens is 216 g/mol. The average Bonchev–Trinajstić information content (AvgIpc) is 2.25. The van der Waals surface area contributed by atoms with E-state index in [-0.39, 0.29) is 0 Å². The van der Waals surface area contributed by atoms with Crippen LogP contribution in [0.4, 0.5) is 0 Å². The van der Waals surface area contributed by atoms with Gasteiger partial charge in [0, 0.05) is 6.04 Å². The maximum Gasteiger partial charge on any atom is 0.0727 e. The van der Waals surface area contributed by atoms with Crippen LogP contribution in [-0.2, 0) is 0 Å². The van der Waals surface area contributed by atoms with Crippen LogP contribution in [-0.4, -0.2) is 29.5 Å². The summed E-state index contributed by atoms with van der Waals surface area (Å²) in [5.74, 6) is 0.944. The molecule has 1 fully saturated rings. The Bertz CT molecular complexity index is 210. The first-order valence-corrected chi connectivity index (χ1v) is 6.99. The Morgan fingerprint density at radius 3 is 2.44 bits per heavy atom. The summed E-state index contributed by atoms with van der Waals surface area (Å²) in [5, 5.41) is 0. The van der Waals surface area contributed by atoms with E-state index in [9.17, 15) is 0 Å². The van der Waals surface area contributed by atoms with Gasteiger partial charge in [-0.1, -0.05) is 19.1 Å². The molecule has 0 bridgehead atoms. The van der Waals surface area contributed by atoms with Crippen molar-refractivity contribution in [2.24, 2.45) is 11.7 Å². The SMILES string of the molecule is CC1CCC(N(C)CCCCC(N)=S)CC1. The van der Waals surface area contributed by atoms with E-state index < -0.39 is 0 Å². The van der Waals surface area contributed by atoms with Crippen molar-refractivity contribution in [3.63, 3.8) is 0 Å². The third-order valence-corrected chi connectivity index (χ3v) is 4.00. The standard InChI is InChI=1S/C13H26N2S/c1-11-6-8-12(9-7-11)15(2)10-4-3-5-13(14)16/h11-12H,3-10H2,1-2H3,(H2,14,16). The second kappa shape index (κ2) is 7.23. The molecular formula is C13H26N2S. The first-order chi connectivity index (χ1) is 7.59. The number of thiocarbonyl (C=S) groups is 1. The molecule has 0 atom stereocenters. The fourth-order valence-electron chi connectivity index (χ4n) is 2.53. The molecule has 0 aromatic rings. The van der Waals surface area contributed by atoms with E-state index >= 15 is 0 Å². The third kappa shape index (κ3) is 5.26. The number of hydrogen-bond donors (Lipinski definition) is 1. The molecule has 1 rings (SSSR count). The summed E-state index contributed by atoms with van der Waals surface area (Å²) in [5.41, 5.74) is 5.49. The molecule has 94 valence electrons. The molecule has 16 heavy (non-hydrogen) atoms. The van der Waals surface area contributed by atoms with Crippen LogP contribution in [0.5, 0.6) is 0 Å². The maximum atomic E-state index is 5.49. The summed E-state index contributed by atoms with van der Waals surface area (Å²) < 4.78 is 0. The lowest BCUT2D eigenvalue weighted by atomic mass is 9.87. The van der Waals surface area contributed by atoms with Crippen molar-refractivity contribution < 1.29 is 0 Å². The molecule has 0 heterocycles. The highest BCUT2D eigenvalue weighted by Crippen LogP contribution is 2.26. The van der Waals surface area contributed by atoms with E-state index in [1.54, 1.807) is 0 Å². The number of hydrogen-bond acceptors (Lipinski definition) is 2. The fourth-order valence-corrected chi connectivity index (χ4v) is 2.67. The summed E-state index contributed by atoms with van der Waals surface area (Å²) in [6.07, 6.45) is 8.84. The number of nitrogens with two attached hydrogens (primary N) is 1. The van der Waals surface area contributed by atoms with E-state index in [0.29, 0.717) is 4.99 Å². The molecule has 0 spiro atoms. The van der Waals surface area contributed by atoms with Crippen LogP contribution in [0.25, 0.3) is 0 Å². The van der Waals surface area contributed by atoms with Gasteiger partial charge in [0.2, 0.25) is 0 Å². The van der Waals surface area contributed by atoms with Crippen LogP contribution in [0.3, 0.4) is 0 Å². The topological polar surface area (TPSA) is 29.3 Å². The number of rotatable bonds is 6. The normalized spacial score (nSPS) is 25.9. The molecule has 3 heteroatoms. The Morgan fingerprint density at radius 1 is 1.25 bits per heavy atom. The smallest absolute Gasteiger partial charge is 0.0727 e. The van der Waals surface area contributed by atoms with Crippen molar-refractivity contribution in [3.8, 4) is 0 Å². The zero-order chi connectivity index (χ0) is 12.0. The van der Waals surface area contributed by atoms with Gasteiger partial charge < -0.3 is 10.6 Å². The van der Waals surface area contributed by atoms with Gasteiger partial charge in [0.25, 0.3) is 0 Å². The average molecular weight is 242 g/mol. The molecule has 1 aliphatic carbocycles. The molecule has 0 radical (unpaired) electrons. The van der Waals surface area contributed by atoms with E-state index in [0.717, 1.165) is 24.8 Å². The van der Waals surface area contributed by atoms with Gasteiger partial charge in [0.05, 0.1) is 4.99 Å². The largest absolute Gasteiger partial charge is 0.393 e. The summed E-state index contributed by atoms with van der Waals surface area (Å²) in [4.78, 5) is 3.19. The van der Waals surface area contributed by atoms with E-state index in [4.69, 9.17) is 18.0 Å². The highest BCUT2D eigenvalue weighted by atomic mass is 32.1. The quantitative estimate of drug-likeness (QED) is 0.573. The van der Waals surface area contributed by atoms with Crippen molar-refractivity contribution in [2.75, 3.05) is 13.6 Å². The van der Waals surface area contributed by atoms with Crippen LogP contribution < -0.4 is 5.73 Å². The second-order valence-corrected chi connectivity index (χ2v) is 5.84. The van der Waals surface area contributed by atoms with Crippen molar-refractivity contribution in [2.45, 2.75) is 57.9 Å². The molecule has 0 unspecified atom stereocenters. The Morgan fingerprint density at radius 2 is 1.88 bits per heavy atom. The minimum Gasteiger partial charge on any atom is -0.393 e. The van der Waals surface area contributed by atoms with Crippen LogP contribution in [0.1, 0.15) is 51.9 Å². The summed E-state index contributed by atoms with van der Waals surface area (Å²) in [7, 11) is 2.27. The first kappa shape index (κ1) is 13.9. The molecule has 1 aliphatic rings. The van der Waals surface area contributed by atoms with Gasteiger partial charge >= 0.3 is 0 Å². The summed E-state index contributed by atoms with van der Waals surface area (Å²) >= 11 is 4.88. The lowest BCUT2D eigenvalue weighted by molar-refractivity contribution is 0.168. The van der Waals surface area contributed by atoms with Crippen molar-refractivity contribution in [1.29, 1.82) is 0 Å². The van der Waals surface area contributed by atoms with Gasteiger partial charge in [-0.2, -0.15) is 0 Å². The molecule has 0 amide bonds. The minimum atomic E-state index is 0.661.